The van der Waals surface area contributed by atoms with E-state index < -0.39 is 6.23 Å². The number of rotatable bonds is 3. The molecule has 1 aliphatic heterocycles. The quantitative estimate of drug-likeness (QED) is 0.572. The van der Waals surface area contributed by atoms with Crippen molar-refractivity contribution in [2.45, 2.75) is 6.23 Å². The highest BCUT2D eigenvalue weighted by atomic mass is 16.5. The number of nitrogens with zero attached hydrogens (tertiary/aromatic N) is 1. The largest absolute Gasteiger partial charge is 0.355 e. The summed E-state index contributed by atoms with van der Waals surface area (Å²) in [5.74, 6) is -0.308. The van der Waals surface area contributed by atoms with Crippen molar-refractivity contribution in [2.75, 3.05) is 19.7 Å². The summed E-state index contributed by atoms with van der Waals surface area (Å²) >= 11 is 0. The van der Waals surface area contributed by atoms with Gasteiger partial charge in [0.2, 0.25) is 5.91 Å². The molecule has 1 atom stereocenters. The van der Waals surface area contributed by atoms with E-state index in [0.717, 1.165) is 6.08 Å². The lowest BCUT2D eigenvalue weighted by atomic mass is 10.4. The SMILES string of the molecule is C=CC(=O)NC1CN([C]=O)CCO1. The maximum Gasteiger partial charge on any atom is 0.312 e. The van der Waals surface area contributed by atoms with Gasteiger partial charge in [0.15, 0.2) is 0 Å². The Labute approximate surface area is 76.3 Å². The van der Waals surface area contributed by atoms with Crippen LogP contribution in [0.4, 0.5) is 0 Å². The van der Waals surface area contributed by atoms with Crippen LogP contribution < -0.4 is 5.32 Å². The first-order valence-corrected chi connectivity index (χ1v) is 3.93. The zero-order valence-corrected chi connectivity index (χ0v) is 7.16. The predicted octanol–water partition coefficient (Wildman–Crippen LogP) is -0.986. The zero-order valence-electron chi connectivity index (χ0n) is 7.16. The molecule has 5 nitrogen and oxygen atoms in total. The van der Waals surface area contributed by atoms with Crippen LogP contribution >= 0.6 is 0 Å². The molecule has 2 amide bonds. The van der Waals surface area contributed by atoms with Crippen molar-refractivity contribution in [3.05, 3.63) is 12.7 Å². The number of carbonyl (C=O) groups is 1. The van der Waals surface area contributed by atoms with Crippen LogP contribution in [-0.2, 0) is 14.3 Å². The summed E-state index contributed by atoms with van der Waals surface area (Å²) in [4.78, 5) is 22.6. The maximum absolute atomic E-state index is 10.8. The fourth-order valence-corrected chi connectivity index (χ4v) is 1.04. The van der Waals surface area contributed by atoms with Gasteiger partial charge in [0.25, 0.3) is 0 Å². The normalized spacial score (nSPS) is 22.2. The number of amides is 2. The van der Waals surface area contributed by atoms with E-state index in [0.29, 0.717) is 19.7 Å². The van der Waals surface area contributed by atoms with E-state index in [1.807, 2.05) is 0 Å². The lowest BCUT2D eigenvalue weighted by Gasteiger charge is -2.29. The molecule has 1 fully saturated rings. The van der Waals surface area contributed by atoms with Crippen molar-refractivity contribution in [1.29, 1.82) is 0 Å². The second-order valence-electron chi connectivity index (χ2n) is 2.61. The van der Waals surface area contributed by atoms with Crippen LogP contribution in [0.1, 0.15) is 0 Å². The van der Waals surface area contributed by atoms with Gasteiger partial charge in [-0.1, -0.05) is 6.58 Å². The molecule has 0 aromatic rings. The summed E-state index contributed by atoms with van der Waals surface area (Å²) in [6, 6.07) is 0. The number of hydrogen-bond acceptors (Lipinski definition) is 3. The third-order valence-electron chi connectivity index (χ3n) is 1.68. The average molecular weight is 183 g/mol. The Balaban J connectivity index is 2.37. The molecule has 0 spiro atoms. The summed E-state index contributed by atoms with van der Waals surface area (Å²) in [5, 5.41) is 2.53. The van der Waals surface area contributed by atoms with Crippen molar-refractivity contribution in [3.8, 4) is 0 Å². The van der Waals surface area contributed by atoms with Gasteiger partial charge in [-0.3, -0.25) is 9.59 Å². The third kappa shape index (κ3) is 2.87. The van der Waals surface area contributed by atoms with Crippen LogP contribution in [0.15, 0.2) is 12.7 Å². The highest BCUT2D eigenvalue weighted by molar-refractivity contribution is 5.87. The second kappa shape index (κ2) is 4.61. The highest BCUT2D eigenvalue weighted by Gasteiger charge is 2.20. The summed E-state index contributed by atoms with van der Waals surface area (Å²) in [6.07, 6.45) is 2.47. The van der Waals surface area contributed by atoms with E-state index in [1.54, 1.807) is 6.41 Å². The van der Waals surface area contributed by atoms with Crippen LogP contribution in [0.5, 0.6) is 0 Å². The molecule has 1 unspecified atom stereocenters. The number of nitrogens with one attached hydrogen (secondary N) is 1. The van der Waals surface area contributed by atoms with E-state index in [-0.39, 0.29) is 5.91 Å². The number of morpholine rings is 1. The van der Waals surface area contributed by atoms with Crippen LogP contribution in [0, 0.1) is 0 Å². The Hall–Kier alpha value is -1.36. The van der Waals surface area contributed by atoms with Crippen LogP contribution in [0.25, 0.3) is 0 Å². The standard InChI is InChI=1S/C8H11N2O3/c1-2-7(12)9-8-5-10(6-11)3-4-13-8/h2,8H,1,3-5H2,(H,9,12). The Morgan fingerprint density at radius 2 is 2.54 bits per heavy atom. The van der Waals surface area contributed by atoms with Gasteiger partial charge in [0, 0.05) is 6.54 Å². The van der Waals surface area contributed by atoms with Crippen LogP contribution in [0.2, 0.25) is 0 Å². The first kappa shape index (κ1) is 9.73. The highest BCUT2D eigenvalue weighted by Crippen LogP contribution is 1.99. The monoisotopic (exact) mass is 183 g/mol. The summed E-state index contributed by atoms with van der Waals surface area (Å²) in [5.41, 5.74) is 0. The smallest absolute Gasteiger partial charge is 0.312 e. The van der Waals surface area contributed by atoms with Gasteiger partial charge >= 0.3 is 6.41 Å². The number of ether oxygens (including phenoxy) is 1. The van der Waals surface area contributed by atoms with Crippen LogP contribution in [0.3, 0.4) is 0 Å². The molecule has 0 saturated carbocycles. The molecule has 13 heavy (non-hydrogen) atoms. The van der Waals surface area contributed by atoms with E-state index in [2.05, 4.69) is 11.9 Å². The molecule has 0 bridgehead atoms. The Bertz CT molecular complexity index is 217. The fraction of sp³-hybridized carbons (Fsp3) is 0.500. The molecular formula is C8H11N2O3. The van der Waals surface area contributed by atoms with Crippen LogP contribution in [-0.4, -0.2) is 43.1 Å². The maximum atomic E-state index is 10.8. The molecule has 0 aromatic carbocycles. The summed E-state index contributed by atoms with van der Waals surface area (Å²) in [6.45, 7) is 4.57. The Kier molecular flexibility index (Phi) is 3.45. The molecule has 0 aliphatic carbocycles. The first-order chi connectivity index (χ1) is 6.26. The predicted molar refractivity (Wildman–Crippen MR) is 45.3 cm³/mol. The minimum Gasteiger partial charge on any atom is -0.355 e. The van der Waals surface area contributed by atoms with Gasteiger partial charge in [0.05, 0.1) is 13.2 Å². The summed E-state index contributed by atoms with van der Waals surface area (Å²) < 4.78 is 5.18. The number of carbonyl (C=O) groups excluding carboxylic acids is 2. The lowest BCUT2D eigenvalue weighted by Crippen LogP contribution is -2.50. The minimum absolute atomic E-state index is 0.308. The second-order valence-corrected chi connectivity index (χ2v) is 2.61. The molecule has 0 aromatic heterocycles. The van der Waals surface area contributed by atoms with Crippen molar-refractivity contribution >= 4 is 12.3 Å². The zero-order chi connectivity index (χ0) is 9.68. The lowest BCUT2D eigenvalue weighted by molar-refractivity contribution is -0.122. The van der Waals surface area contributed by atoms with E-state index in [9.17, 15) is 9.59 Å². The Morgan fingerprint density at radius 3 is 3.15 bits per heavy atom. The number of hydrogen-bond donors (Lipinski definition) is 1. The molecule has 1 radical (unpaired) electrons. The third-order valence-corrected chi connectivity index (χ3v) is 1.68. The molecule has 1 N–H and O–H groups in total. The molecule has 1 heterocycles. The van der Waals surface area contributed by atoms with Gasteiger partial charge in [0.1, 0.15) is 6.23 Å². The van der Waals surface area contributed by atoms with Gasteiger partial charge in [-0.15, -0.1) is 0 Å². The summed E-state index contributed by atoms with van der Waals surface area (Å²) in [7, 11) is 0. The van der Waals surface area contributed by atoms with Crippen molar-refractivity contribution < 1.29 is 14.3 Å². The van der Waals surface area contributed by atoms with Crippen molar-refractivity contribution in [2.24, 2.45) is 0 Å². The van der Waals surface area contributed by atoms with Gasteiger partial charge in [-0.2, -0.15) is 0 Å². The Morgan fingerprint density at radius 1 is 1.77 bits per heavy atom. The molecule has 71 valence electrons. The topological polar surface area (TPSA) is 58.6 Å². The molecule has 1 rings (SSSR count). The molecule has 5 heteroatoms. The van der Waals surface area contributed by atoms with E-state index >= 15 is 0 Å². The first-order valence-electron chi connectivity index (χ1n) is 3.93. The van der Waals surface area contributed by atoms with E-state index in [1.165, 1.54) is 4.90 Å². The van der Waals surface area contributed by atoms with Crippen molar-refractivity contribution in [1.82, 2.24) is 10.2 Å². The van der Waals surface area contributed by atoms with Gasteiger partial charge in [-0.25, -0.2) is 0 Å². The van der Waals surface area contributed by atoms with E-state index in [4.69, 9.17) is 4.74 Å². The van der Waals surface area contributed by atoms with Crippen molar-refractivity contribution in [3.63, 3.8) is 0 Å². The average Bonchev–Trinajstić information content (AvgIpc) is 2.18. The fourth-order valence-electron chi connectivity index (χ4n) is 1.04. The molecular weight excluding hydrogens is 172 g/mol. The minimum atomic E-state index is -0.444. The van der Waals surface area contributed by atoms with Gasteiger partial charge < -0.3 is 15.0 Å². The molecule has 1 aliphatic rings. The molecule has 1 saturated heterocycles. The van der Waals surface area contributed by atoms with Gasteiger partial charge in [-0.05, 0) is 6.08 Å².